The van der Waals surface area contributed by atoms with Crippen LogP contribution in [0.25, 0.3) is 0 Å². The highest BCUT2D eigenvalue weighted by Gasteiger charge is 2.16. The molecule has 220 valence electrons. The Bertz CT molecular complexity index is 942. The number of hydrogen-bond acceptors (Lipinski definition) is 6. The van der Waals surface area contributed by atoms with E-state index in [1.54, 1.807) is 9.80 Å². The van der Waals surface area contributed by atoms with Gasteiger partial charge >= 0.3 is 0 Å². The van der Waals surface area contributed by atoms with Crippen LogP contribution in [-0.4, -0.2) is 95.7 Å². The standard InChI is InChI=1S/C30H44N4O6/c1-6-25(35)15-11-19-33(29(39)9-4)22-14-23-34(30(40)10-5)24-17-26(36)16-12-20-32(28(38)8-3)21-13-18-31-27(37)7-2/h6-10H,1-5,11-24H2,(H,31,37). The number of nitrogens with one attached hydrogen (secondary N) is 1. The maximum Gasteiger partial charge on any atom is 0.245 e. The van der Waals surface area contributed by atoms with Crippen molar-refractivity contribution in [2.75, 3.05) is 45.8 Å². The van der Waals surface area contributed by atoms with Crippen molar-refractivity contribution in [3.05, 3.63) is 63.3 Å². The van der Waals surface area contributed by atoms with Gasteiger partial charge in [-0.15, -0.1) is 0 Å². The molecule has 4 amide bonds. The third kappa shape index (κ3) is 16.0. The molecule has 0 fully saturated rings. The lowest BCUT2D eigenvalue weighted by atomic mass is 10.1. The van der Waals surface area contributed by atoms with E-state index in [4.69, 9.17) is 0 Å². The van der Waals surface area contributed by atoms with Crippen molar-refractivity contribution in [3.8, 4) is 0 Å². The maximum absolute atomic E-state index is 12.5. The highest BCUT2D eigenvalue weighted by Crippen LogP contribution is 2.06. The van der Waals surface area contributed by atoms with Crippen LogP contribution in [0.1, 0.15) is 44.9 Å². The van der Waals surface area contributed by atoms with E-state index in [1.807, 2.05) is 0 Å². The van der Waals surface area contributed by atoms with Gasteiger partial charge in [-0.1, -0.05) is 32.9 Å². The van der Waals surface area contributed by atoms with Crippen molar-refractivity contribution < 1.29 is 28.8 Å². The molecule has 0 aromatic rings. The fourth-order valence-electron chi connectivity index (χ4n) is 3.79. The Kier molecular flexibility index (Phi) is 19.6. The summed E-state index contributed by atoms with van der Waals surface area (Å²) in [6, 6.07) is 0. The van der Waals surface area contributed by atoms with Gasteiger partial charge in [0.1, 0.15) is 5.78 Å². The van der Waals surface area contributed by atoms with Crippen LogP contribution in [0.3, 0.4) is 0 Å². The molecule has 0 atom stereocenters. The van der Waals surface area contributed by atoms with Crippen LogP contribution < -0.4 is 5.32 Å². The molecular formula is C30H44N4O6. The molecule has 0 aliphatic rings. The lowest BCUT2D eigenvalue weighted by Gasteiger charge is -2.25. The molecular weight excluding hydrogens is 512 g/mol. The molecule has 0 bridgehead atoms. The summed E-state index contributed by atoms with van der Waals surface area (Å²) in [6.07, 6.45) is 8.73. The minimum Gasteiger partial charge on any atom is -0.353 e. The van der Waals surface area contributed by atoms with Crippen LogP contribution in [0, 0.1) is 0 Å². The van der Waals surface area contributed by atoms with Crippen LogP contribution in [0.15, 0.2) is 63.3 Å². The third-order valence-corrected chi connectivity index (χ3v) is 6.03. The number of hydrogen-bond donors (Lipinski definition) is 1. The highest BCUT2D eigenvalue weighted by molar-refractivity contribution is 5.90. The van der Waals surface area contributed by atoms with E-state index >= 15 is 0 Å². The Morgan fingerprint density at radius 1 is 0.500 bits per heavy atom. The maximum atomic E-state index is 12.5. The number of nitrogens with zero attached hydrogens (tertiary/aromatic N) is 3. The quantitative estimate of drug-likeness (QED) is 0.144. The van der Waals surface area contributed by atoms with Crippen molar-refractivity contribution in [1.29, 1.82) is 0 Å². The van der Waals surface area contributed by atoms with E-state index in [0.29, 0.717) is 71.4 Å². The number of Topliss-reactive ketones (excluding diaryl/α,β-unsaturated/α-hetero) is 1. The van der Waals surface area contributed by atoms with Gasteiger partial charge in [-0.05, 0) is 56.1 Å². The van der Waals surface area contributed by atoms with E-state index in [2.05, 4.69) is 38.2 Å². The normalized spacial score (nSPS) is 10.0. The van der Waals surface area contributed by atoms with Crippen LogP contribution in [0.5, 0.6) is 0 Å². The molecule has 0 rings (SSSR count). The van der Waals surface area contributed by atoms with Gasteiger partial charge in [-0.2, -0.15) is 0 Å². The van der Waals surface area contributed by atoms with Gasteiger partial charge in [0.15, 0.2) is 5.78 Å². The number of rotatable bonds is 24. The number of allylic oxidation sites excluding steroid dienone is 1. The summed E-state index contributed by atoms with van der Waals surface area (Å²) in [4.78, 5) is 76.5. The average Bonchev–Trinajstić information content (AvgIpc) is 2.97. The monoisotopic (exact) mass is 556 g/mol. The molecule has 0 spiro atoms. The first-order valence-corrected chi connectivity index (χ1v) is 13.4. The fourth-order valence-corrected chi connectivity index (χ4v) is 3.79. The largest absolute Gasteiger partial charge is 0.353 e. The molecule has 0 radical (unpaired) electrons. The van der Waals surface area contributed by atoms with Crippen LogP contribution in [0.4, 0.5) is 0 Å². The van der Waals surface area contributed by atoms with Gasteiger partial charge in [0.25, 0.3) is 0 Å². The second kappa shape index (κ2) is 21.8. The Morgan fingerprint density at radius 2 is 0.950 bits per heavy atom. The minimum absolute atomic E-state index is 0.0403. The van der Waals surface area contributed by atoms with E-state index in [0.717, 1.165) is 0 Å². The number of carbonyl (C=O) groups is 6. The lowest BCUT2D eigenvalue weighted by molar-refractivity contribution is -0.128. The summed E-state index contributed by atoms with van der Waals surface area (Å²) < 4.78 is 0. The van der Waals surface area contributed by atoms with E-state index < -0.39 is 0 Å². The van der Waals surface area contributed by atoms with Crippen molar-refractivity contribution in [3.63, 3.8) is 0 Å². The SMILES string of the molecule is C=CC(=O)CCCN(CCCN(CCC(=O)CCCN(CCCNC(=O)C=C)C(=O)C=C)C(=O)C=C)C(=O)C=C. The Labute approximate surface area is 238 Å². The van der Waals surface area contributed by atoms with E-state index in [-0.39, 0.29) is 54.6 Å². The van der Waals surface area contributed by atoms with Crippen LogP contribution in [-0.2, 0) is 28.8 Å². The van der Waals surface area contributed by atoms with Gasteiger partial charge < -0.3 is 20.0 Å². The summed E-state index contributed by atoms with van der Waals surface area (Å²) in [7, 11) is 0. The molecule has 0 aliphatic heterocycles. The van der Waals surface area contributed by atoms with Crippen molar-refractivity contribution in [2.24, 2.45) is 0 Å². The van der Waals surface area contributed by atoms with Crippen LogP contribution in [0.2, 0.25) is 0 Å². The molecule has 0 unspecified atom stereocenters. The zero-order chi connectivity index (χ0) is 30.3. The smallest absolute Gasteiger partial charge is 0.245 e. The van der Waals surface area contributed by atoms with Gasteiger partial charge in [-0.25, -0.2) is 0 Å². The predicted octanol–water partition coefficient (Wildman–Crippen LogP) is 2.39. The molecule has 0 aromatic heterocycles. The van der Waals surface area contributed by atoms with Crippen molar-refractivity contribution in [1.82, 2.24) is 20.0 Å². The minimum atomic E-state index is -0.308. The summed E-state index contributed by atoms with van der Waals surface area (Å²) in [5, 5.41) is 2.65. The summed E-state index contributed by atoms with van der Waals surface area (Å²) in [6.45, 7) is 19.8. The zero-order valence-corrected chi connectivity index (χ0v) is 23.6. The summed E-state index contributed by atoms with van der Waals surface area (Å²) in [5.41, 5.74) is 0. The highest BCUT2D eigenvalue weighted by atomic mass is 16.2. The first kappa shape index (κ1) is 35.9. The Balaban J connectivity index is 4.70. The van der Waals surface area contributed by atoms with Gasteiger partial charge in [0.05, 0.1) is 0 Å². The van der Waals surface area contributed by atoms with E-state index in [9.17, 15) is 28.8 Å². The number of ketones is 2. The number of amides is 4. The second-order valence-corrected chi connectivity index (χ2v) is 8.96. The summed E-state index contributed by atoms with van der Waals surface area (Å²) in [5.74, 6) is -1.23. The second-order valence-electron chi connectivity index (χ2n) is 8.96. The lowest BCUT2D eigenvalue weighted by Crippen LogP contribution is -2.37. The molecule has 0 saturated heterocycles. The molecule has 1 N–H and O–H groups in total. The Morgan fingerprint density at radius 3 is 1.43 bits per heavy atom. The third-order valence-electron chi connectivity index (χ3n) is 6.03. The van der Waals surface area contributed by atoms with Gasteiger partial charge in [-0.3, -0.25) is 28.8 Å². The molecule has 40 heavy (non-hydrogen) atoms. The summed E-state index contributed by atoms with van der Waals surface area (Å²) >= 11 is 0. The van der Waals surface area contributed by atoms with Crippen molar-refractivity contribution in [2.45, 2.75) is 44.9 Å². The van der Waals surface area contributed by atoms with Gasteiger partial charge in [0.2, 0.25) is 23.6 Å². The Hall–Kier alpha value is -4.08. The molecule has 0 aliphatic carbocycles. The molecule has 0 saturated carbocycles. The molecule has 10 nitrogen and oxygen atoms in total. The molecule has 0 heterocycles. The zero-order valence-electron chi connectivity index (χ0n) is 23.6. The molecule has 0 aromatic carbocycles. The van der Waals surface area contributed by atoms with Crippen LogP contribution >= 0.6 is 0 Å². The van der Waals surface area contributed by atoms with Gasteiger partial charge in [0, 0.05) is 65.1 Å². The van der Waals surface area contributed by atoms with Crippen molar-refractivity contribution >= 4 is 35.2 Å². The topological polar surface area (TPSA) is 124 Å². The fraction of sp³-hybridized carbons (Fsp3) is 0.467. The number of carbonyl (C=O) groups excluding carboxylic acids is 6. The first-order valence-electron chi connectivity index (χ1n) is 13.4. The predicted molar refractivity (Wildman–Crippen MR) is 156 cm³/mol. The molecule has 10 heteroatoms. The average molecular weight is 557 g/mol. The first-order chi connectivity index (χ1) is 19.1. The van der Waals surface area contributed by atoms with E-state index in [1.165, 1.54) is 35.3 Å².